The van der Waals surface area contributed by atoms with Crippen LogP contribution >= 0.6 is 0 Å². The molecule has 0 N–H and O–H groups in total. The minimum Gasteiger partial charge on any atom is -0.223 e. The monoisotopic (exact) mass is 150 g/mol. The van der Waals surface area contributed by atoms with Gasteiger partial charge in [0.25, 0.3) is 0 Å². The van der Waals surface area contributed by atoms with Gasteiger partial charge in [-0.15, -0.1) is 0 Å². The van der Waals surface area contributed by atoms with Crippen LogP contribution in [-0.2, 0) is 10.7 Å². The molecule has 6 heteroatoms. The van der Waals surface area contributed by atoms with Crippen molar-refractivity contribution in [1.82, 2.24) is 0 Å². The Morgan fingerprint density at radius 2 is 1.25 bits per heavy atom. The Morgan fingerprint density at radius 1 is 1.12 bits per heavy atom. The maximum atomic E-state index is 10.6. The molecule has 0 aromatic carbocycles. The molecule has 8 heavy (non-hydrogen) atoms. The number of rotatable bonds is 0. The zero-order valence-electron chi connectivity index (χ0n) is 2.90. The van der Waals surface area contributed by atoms with Gasteiger partial charge in [-0.05, 0) is 0 Å². The van der Waals surface area contributed by atoms with Gasteiger partial charge in [0, 0.05) is 0 Å². The molecule has 0 heterocycles. The van der Waals surface area contributed by atoms with E-state index in [2.05, 4.69) is 0 Å². The molecule has 0 unspecified atom stereocenters. The molecule has 0 aliphatic heterocycles. The fourth-order valence-corrected chi connectivity index (χ4v) is 0. The zero-order chi connectivity index (χ0) is 6.08. The Hall–Kier alpha value is -0.260. The van der Waals surface area contributed by atoms with Crippen LogP contribution in [0.3, 0.4) is 0 Å². The predicted octanol–water partition coefficient (Wildman–Crippen LogP) is 0.754. The first kappa shape index (κ1) is 10.7. The first-order valence-electron chi connectivity index (χ1n) is 1.16. The quantitative estimate of drug-likeness (QED) is 0.517. The number of thiol groups is 1. The molecule has 0 amide bonds. The highest BCUT2D eigenvalue weighted by Gasteiger charge is 2.31. The van der Waals surface area contributed by atoms with Gasteiger partial charge in [-0.3, -0.25) is 0 Å². The van der Waals surface area contributed by atoms with E-state index in [0.29, 0.717) is 0 Å². The van der Waals surface area contributed by atoms with Crippen molar-refractivity contribution in [2.45, 2.75) is 12.9 Å². The van der Waals surface area contributed by atoms with Crippen LogP contribution in [0.5, 0.6) is 0 Å². The van der Waals surface area contributed by atoms with Crippen LogP contribution in [0, 0.1) is 0 Å². The third kappa shape index (κ3) is 3.91. The molecule has 0 rings (SSSR count). The lowest BCUT2D eigenvalue weighted by Gasteiger charge is -1.89. The average Bonchev–Trinajstić information content (AvgIpc) is 1.31. The minimum atomic E-state index is -5.05. The summed E-state index contributed by atoms with van der Waals surface area (Å²) < 4.78 is 49.6. The van der Waals surface area contributed by atoms with Crippen LogP contribution in [0.4, 0.5) is 13.2 Å². The van der Waals surface area contributed by atoms with Crippen molar-refractivity contribution in [3.63, 3.8) is 0 Å². The Bertz CT molecular complexity index is 116. The SMILES string of the molecule is C.O=[SH](=O)C(F)(F)F. The van der Waals surface area contributed by atoms with E-state index in [-0.39, 0.29) is 7.43 Å². The van der Waals surface area contributed by atoms with Gasteiger partial charge < -0.3 is 0 Å². The number of halogens is 3. The minimum absolute atomic E-state index is 0. The van der Waals surface area contributed by atoms with E-state index >= 15 is 0 Å². The van der Waals surface area contributed by atoms with Gasteiger partial charge in [0.05, 0.1) is 0 Å². The molecular weight excluding hydrogens is 145 g/mol. The Morgan fingerprint density at radius 3 is 1.25 bits per heavy atom. The summed E-state index contributed by atoms with van der Waals surface area (Å²) in [7, 11) is -4.24. The van der Waals surface area contributed by atoms with Crippen molar-refractivity contribution in [3.05, 3.63) is 0 Å². The molecule has 0 fully saturated rings. The number of alkyl halides is 3. The second kappa shape index (κ2) is 2.91. The van der Waals surface area contributed by atoms with Crippen LogP contribution in [0.15, 0.2) is 0 Å². The van der Waals surface area contributed by atoms with Gasteiger partial charge >= 0.3 is 5.51 Å². The van der Waals surface area contributed by atoms with Crippen molar-refractivity contribution in [2.75, 3.05) is 0 Å². The fraction of sp³-hybridized carbons (Fsp3) is 1.00. The Balaban J connectivity index is 0. The van der Waals surface area contributed by atoms with E-state index in [1.807, 2.05) is 0 Å². The van der Waals surface area contributed by atoms with Gasteiger partial charge in [0.2, 0.25) is 10.7 Å². The fourth-order valence-electron chi connectivity index (χ4n) is 0. The highest BCUT2D eigenvalue weighted by Crippen LogP contribution is 2.13. The summed E-state index contributed by atoms with van der Waals surface area (Å²) in [5.41, 5.74) is -5.05. The molecule has 0 saturated heterocycles. The van der Waals surface area contributed by atoms with E-state index in [4.69, 9.17) is 8.42 Å². The Kier molecular flexibility index (Phi) is 3.88. The molecular formula is C2H5F3O2S. The summed E-state index contributed by atoms with van der Waals surface area (Å²) in [6, 6.07) is 0. The molecule has 0 atom stereocenters. The van der Waals surface area contributed by atoms with Gasteiger partial charge in [0.15, 0.2) is 0 Å². The van der Waals surface area contributed by atoms with Crippen LogP contribution in [-0.4, -0.2) is 13.9 Å². The molecule has 2 nitrogen and oxygen atoms in total. The average molecular weight is 150 g/mol. The summed E-state index contributed by atoms with van der Waals surface area (Å²) in [6.45, 7) is 0. The third-order valence-electron chi connectivity index (χ3n) is 0.207. The maximum Gasteiger partial charge on any atom is 0.494 e. The first-order chi connectivity index (χ1) is 2.94. The lowest BCUT2D eigenvalue weighted by atomic mass is 11.6. The maximum absolute atomic E-state index is 10.6. The summed E-state index contributed by atoms with van der Waals surface area (Å²) in [5, 5.41) is 0. The van der Waals surface area contributed by atoms with Gasteiger partial charge in [-0.2, -0.15) is 13.2 Å². The summed E-state index contributed by atoms with van der Waals surface area (Å²) >= 11 is 0. The van der Waals surface area contributed by atoms with Crippen molar-refractivity contribution in [1.29, 1.82) is 0 Å². The molecule has 0 spiro atoms. The molecule has 0 aromatic rings. The Labute approximate surface area is 46.3 Å². The largest absolute Gasteiger partial charge is 0.494 e. The van der Waals surface area contributed by atoms with E-state index in [9.17, 15) is 13.2 Å². The highest BCUT2D eigenvalue weighted by molar-refractivity contribution is 7.73. The van der Waals surface area contributed by atoms with Gasteiger partial charge in [-0.25, -0.2) is 8.42 Å². The number of hydrogen-bond acceptors (Lipinski definition) is 2. The molecule has 0 saturated carbocycles. The second-order valence-electron chi connectivity index (χ2n) is 0.725. The third-order valence-corrected chi connectivity index (χ3v) is 0.621. The van der Waals surface area contributed by atoms with Crippen LogP contribution < -0.4 is 0 Å². The lowest BCUT2D eigenvalue weighted by Crippen LogP contribution is -2.07. The smallest absolute Gasteiger partial charge is 0.223 e. The van der Waals surface area contributed by atoms with Crippen molar-refractivity contribution < 1.29 is 21.6 Å². The standard InChI is InChI=1S/CHF3O2S.CH4/c2-1(3,4)7(5)6;/h7H;1H4. The van der Waals surface area contributed by atoms with E-state index in [0.717, 1.165) is 0 Å². The molecule has 0 aliphatic rings. The number of hydrogen-bond donors (Lipinski definition) is 1. The van der Waals surface area contributed by atoms with Crippen molar-refractivity contribution >= 4 is 10.7 Å². The molecule has 0 radical (unpaired) electrons. The van der Waals surface area contributed by atoms with Gasteiger partial charge in [0.1, 0.15) is 0 Å². The predicted molar refractivity (Wildman–Crippen MR) is 23.1 cm³/mol. The summed E-state index contributed by atoms with van der Waals surface area (Å²) in [5.74, 6) is 0. The van der Waals surface area contributed by atoms with E-state index in [1.54, 1.807) is 0 Å². The van der Waals surface area contributed by atoms with Crippen LogP contribution in [0.2, 0.25) is 0 Å². The summed E-state index contributed by atoms with van der Waals surface area (Å²) in [4.78, 5) is 0. The molecule has 0 bridgehead atoms. The normalized spacial score (nSPS) is 11.0. The van der Waals surface area contributed by atoms with Crippen LogP contribution in [0.25, 0.3) is 0 Å². The van der Waals surface area contributed by atoms with Gasteiger partial charge in [-0.1, -0.05) is 7.43 Å². The highest BCUT2D eigenvalue weighted by atomic mass is 32.2. The van der Waals surface area contributed by atoms with E-state index in [1.165, 1.54) is 0 Å². The molecule has 0 aromatic heterocycles. The lowest BCUT2D eigenvalue weighted by molar-refractivity contribution is -0.0398. The van der Waals surface area contributed by atoms with Crippen LogP contribution in [0.1, 0.15) is 7.43 Å². The molecule has 52 valence electrons. The molecule has 0 aliphatic carbocycles. The topological polar surface area (TPSA) is 34.1 Å². The zero-order valence-corrected chi connectivity index (χ0v) is 3.79. The van der Waals surface area contributed by atoms with Crippen molar-refractivity contribution in [3.8, 4) is 0 Å². The second-order valence-corrected chi connectivity index (χ2v) is 1.75. The van der Waals surface area contributed by atoms with E-state index < -0.39 is 16.2 Å². The van der Waals surface area contributed by atoms with Crippen molar-refractivity contribution in [2.24, 2.45) is 0 Å². The summed E-state index contributed by atoms with van der Waals surface area (Å²) in [6.07, 6.45) is 0. The first-order valence-corrected chi connectivity index (χ1v) is 2.33.